The highest BCUT2D eigenvalue weighted by Crippen LogP contribution is 2.40. The second-order valence-electron chi connectivity index (χ2n) is 10.5. The van der Waals surface area contributed by atoms with Crippen LogP contribution in [0.15, 0.2) is 18.2 Å². The molecule has 2 saturated heterocycles. The van der Waals surface area contributed by atoms with Crippen LogP contribution in [0.1, 0.15) is 58.1 Å². The minimum absolute atomic E-state index is 0.0433. The largest absolute Gasteiger partial charge is 0.393 e. The van der Waals surface area contributed by atoms with Crippen molar-refractivity contribution in [2.45, 2.75) is 64.5 Å². The number of hydrogen-bond donors (Lipinski definition) is 1. The predicted octanol–water partition coefficient (Wildman–Crippen LogP) is 2.74. The number of hydrogen-bond acceptors (Lipinski definition) is 5. The summed E-state index contributed by atoms with van der Waals surface area (Å²) in [4.78, 5) is 32.2. The minimum Gasteiger partial charge on any atom is -0.393 e. The average molecular weight is 516 g/mol. The number of aromatic nitrogens is 2. The summed E-state index contributed by atoms with van der Waals surface area (Å²) in [6.07, 6.45) is -1.51. The van der Waals surface area contributed by atoms with E-state index in [2.05, 4.69) is 36.0 Å². The van der Waals surface area contributed by atoms with Gasteiger partial charge in [0.15, 0.2) is 5.69 Å². The van der Waals surface area contributed by atoms with Crippen molar-refractivity contribution in [3.05, 3.63) is 46.3 Å². The molecular weight excluding hydrogens is 480 g/mol. The highest BCUT2D eigenvalue weighted by atomic mass is 19.3. The molecule has 2 fully saturated rings. The van der Waals surface area contributed by atoms with E-state index in [1.807, 2.05) is 6.07 Å². The third kappa shape index (κ3) is 4.95. The van der Waals surface area contributed by atoms with Crippen LogP contribution in [-0.4, -0.2) is 88.3 Å². The first-order valence-corrected chi connectivity index (χ1v) is 13.2. The van der Waals surface area contributed by atoms with Crippen molar-refractivity contribution in [1.29, 1.82) is 0 Å². The number of benzene rings is 1. The number of alkyl halides is 2. The lowest BCUT2D eigenvalue weighted by Crippen LogP contribution is -2.50. The predicted molar refractivity (Wildman–Crippen MR) is 135 cm³/mol. The molecule has 1 aliphatic carbocycles. The van der Waals surface area contributed by atoms with Gasteiger partial charge in [-0.15, -0.1) is 0 Å². The highest BCUT2D eigenvalue weighted by Gasteiger charge is 2.40. The lowest BCUT2D eigenvalue weighted by Gasteiger charge is -2.37. The molecule has 1 atom stereocenters. The number of carbonyl (C=O) groups is 2. The fourth-order valence-electron chi connectivity index (χ4n) is 5.86. The number of fused-ring (bicyclic) bond motifs is 1. The zero-order chi connectivity index (χ0) is 26.3. The lowest BCUT2D eigenvalue weighted by molar-refractivity contribution is -0.132. The Bertz CT molecular complexity index is 1170. The van der Waals surface area contributed by atoms with Crippen molar-refractivity contribution in [2.24, 2.45) is 0 Å². The Hall–Kier alpha value is -3.01. The second-order valence-corrected chi connectivity index (χ2v) is 10.5. The average Bonchev–Trinajstić information content (AvgIpc) is 3.47. The number of aliphatic hydroxyl groups excluding tert-OH is 1. The maximum atomic E-state index is 13.9. The number of rotatable bonds is 5. The van der Waals surface area contributed by atoms with Gasteiger partial charge in [0, 0.05) is 62.1 Å². The summed E-state index contributed by atoms with van der Waals surface area (Å²) >= 11 is 0. The van der Waals surface area contributed by atoms with Crippen molar-refractivity contribution in [2.75, 3.05) is 44.2 Å². The van der Waals surface area contributed by atoms with E-state index >= 15 is 0 Å². The molecule has 2 aliphatic heterocycles. The van der Waals surface area contributed by atoms with Gasteiger partial charge in [0.1, 0.15) is 6.54 Å². The maximum Gasteiger partial charge on any atom is 0.274 e. The number of halogens is 2. The molecule has 0 spiro atoms. The molecule has 1 N–H and O–H groups in total. The van der Waals surface area contributed by atoms with Crippen LogP contribution in [0.3, 0.4) is 0 Å². The van der Waals surface area contributed by atoms with E-state index in [9.17, 15) is 23.5 Å². The first kappa shape index (κ1) is 25.6. The Morgan fingerprint density at radius 3 is 2.41 bits per heavy atom. The number of aryl methyl sites for hydroxylation is 1. The van der Waals surface area contributed by atoms with E-state index in [0.717, 1.165) is 0 Å². The summed E-state index contributed by atoms with van der Waals surface area (Å²) in [7, 11) is 0. The minimum atomic E-state index is -2.59. The van der Waals surface area contributed by atoms with Crippen LogP contribution in [0.2, 0.25) is 0 Å². The third-order valence-electron chi connectivity index (χ3n) is 8.25. The van der Waals surface area contributed by atoms with Crippen LogP contribution in [0.25, 0.3) is 0 Å². The van der Waals surface area contributed by atoms with Gasteiger partial charge in [-0.3, -0.25) is 14.3 Å². The summed E-state index contributed by atoms with van der Waals surface area (Å²) < 4.78 is 29.2. The van der Waals surface area contributed by atoms with E-state index in [1.54, 1.807) is 9.80 Å². The van der Waals surface area contributed by atoms with E-state index < -0.39 is 18.4 Å². The zero-order valence-electron chi connectivity index (χ0n) is 21.5. The number of likely N-dealkylation sites (tertiary alicyclic amines) is 1. The summed E-state index contributed by atoms with van der Waals surface area (Å²) in [6, 6.07) is 6.24. The van der Waals surface area contributed by atoms with Crippen molar-refractivity contribution in [1.82, 2.24) is 19.6 Å². The Morgan fingerprint density at radius 1 is 1.03 bits per heavy atom. The first-order chi connectivity index (χ1) is 17.7. The molecule has 0 saturated carbocycles. The Balaban J connectivity index is 1.31. The zero-order valence-corrected chi connectivity index (χ0v) is 21.5. The maximum absolute atomic E-state index is 13.9. The Labute approximate surface area is 215 Å². The van der Waals surface area contributed by atoms with Crippen LogP contribution in [-0.2, 0) is 17.8 Å². The number of anilines is 1. The van der Waals surface area contributed by atoms with Gasteiger partial charge in [-0.25, -0.2) is 8.78 Å². The first-order valence-electron chi connectivity index (χ1n) is 13.2. The summed E-state index contributed by atoms with van der Waals surface area (Å²) in [6.45, 7) is 7.43. The quantitative estimate of drug-likeness (QED) is 0.663. The number of aliphatic hydroxyl groups is 1. The van der Waals surface area contributed by atoms with Gasteiger partial charge in [-0.1, -0.05) is 12.1 Å². The van der Waals surface area contributed by atoms with Crippen molar-refractivity contribution in [3.8, 4) is 0 Å². The van der Waals surface area contributed by atoms with Crippen LogP contribution in [0, 0.1) is 13.8 Å². The smallest absolute Gasteiger partial charge is 0.274 e. The standard InChI is InChI=1S/C27H35F2N5O3/c1-17-4-3-5-21(18(17)2)31-12-14-32(15-13-31)23(36)16-34-22-7-6-20(26(28)29)24(22)25(30-34)27(37)33-10-8-19(35)9-11-33/h3-5,19-20,26,35H,6-16H2,1-2H3/t20-/m1/s1. The molecule has 0 unspecified atom stereocenters. The second kappa shape index (κ2) is 10.4. The number of nitrogens with zero attached hydrogens (tertiary/aromatic N) is 5. The van der Waals surface area contributed by atoms with Crippen LogP contribution in [0.4, 0.5) is 14.5 Å². The van der Waals surface area contributed by atoms with Crippen LogP contribution in [0.5, 0.6) is 0 Å². The molecule has 1 aromatic carbocycles. The molecule has 5 rings (SSSR count). The number of piperidine rings is 1. The van der Waals surface area contributed by atoms with Crippen molar-refractivity contribution >= 4 is 17.5 Å². The van der Waals surface area contributed by atoms with Gasteiger partial charge >= 0.3 is 0 Å². The molecule has 0 bridgehead atoms. The third-order valence-corrected chi connectivity index (χ3v) is 8.25. The van der Waals surface area contributed by atoms with Gasteiger partial charge in [0.05, 0.1) is 6.10 Å². The van der Waals surface area contributed by atoms with Gasteiger partial charge < -0.3 is 19.8 Å². The van der Waals surface area contributed by atoms with E-state index in [0.29, 0.717) is 69.8 Å². The molecule has 3 heterocycles. The molecule has 37 heavy (non-hydrogen) atoms. The van der Waals surface area contributed by atoms with E-state index in [4.69, 9.17) is 0 Å². The molecule has 2 amide bonds. The molecule has 200 valence electrons. The topological polar surface area (TPSA) is 81.9 Å². The molecule has 2 aromatic rings. The fraction of sp³-hybridized carbons (Fsp3) is 0.593. The fourth-order valence-corrected chi connectivity index (χ4v) is 5.86. The molecule has 0 radical (unpaired) electrons. The summed E-state index contributed by atoms with van der Waals surface area (Å²) in [5, 5.41) is 14.2. The van der Waals surface area contributed by atoms with Crippen molar-refractivity contribution < 1.29 is 23.5 Å². The SMILES string of the molecule is Cc1cccc(N2CCN(C(=O)Cn3nc(C(=O)N4CCC(O)CC4)c4c3CC[C@H]4C(F)F)CC2)c1C. The van der Waals surface area contributed by atoms with E-state index in [-0.39, 0.29) is 30.5 Å². The summed E-state index contributed by atoms with van der Waals surface area (Å²) in [5.74, 6) is -1.55. The lowest BCUT2D eigenvalue weighted by atomic mass is 10.0. The normalized spacial score (nSPS) is 20.6. The molecule has 3 aliphatic rings. The molecule has 10 heteroatoms. The monoisotopic (exact) mass is 515 g/mol. The van der Waals surface area contributed by atoms with Crippen molar-refractivity contribution in [3.63, 3.8) is 0 Å². The molecule has 8 nitrogen and oxygen atoms in total. The Morgan fingerprint density at radius 2 is 1.73 bits per heavy atom. The highest BCUT2D eigenvalue weighted by molar-refractivity contribution is 5.94. The van der Waals surface area contributed by atoms with Crippen LogP contribution >= 0.6 is 0 Å². The Kier molecular flexibility index (Phi) is 7.20. The van der Waals surface area contributed by atoms with E-state index in [1.165, 1.54) is 21.5 Å². The van der Waals surface area contributed by atoms with Gasteiger partial charge in [-0.2, -0.15) is 5.10 Å². The van der Waals surface area contributed by atoms with Crippen LogP contribution < -0.4 is 4.90 Å². The molecule has 1 aromatic heterocycles. The number of carbonyl (C=O) groups excluding carboxylic acids is 2. The van der Waals surface area contributed by atoms with Gasteiger partial charge in [0.2, 0.25) is 12.3 Å². The molecular formula is C27H35F2N5O3. The van der Waals surface area contributed by atoms with Gasteiger partial charge in [-0.05, 0) is 56.7 Å². The summed E-state index contributed by atoms with van der Waals surface area (Å²) in [5.41, 5.74) is 4.58. The van der Waals surface area contributed by atoms with Gasteiger partial charge in [0.25, 0.3) is 5.91 Å². The number of amides is 2. The number of piperazine rings is 1.